The first kappa shape index (κ1) is 22.4. The summed E-state index contributed by atoms with van der Waals surface area (Å²) in [6, 6.07) is 15.1. The first-order chi connectivity index (χ1) is 16.0. The molecule has 0 N–H and O–H groups in total. The van der Waals surface area contributed by atoms with Gasteiger partial charge in [-0.2, -0.15) is 10.5 Å². The topological polar surface area (TPSA) is 83.1 Å². The number of nitrogens with zero attached hydrogens (tertiary/aromatic N) is 2. The molecule has 0 amide bonds. The smallest absolute Gasteiger partial charge is 0.161 e. The minimum Gasteiger partial charge on any atom is -0.493 e. The zero-order valence-electron chi connectivity index (χ0n) is 18.8. The van der Waals surface area contributed by atoms with Gasteiger partial charge in [-0.3, -0.25) is 4.79 Å². The second-order valence-electron chi connectivity index (χ2n) is 8.78. The van der Waals surface area contributed by atoms with E-state index in [0.29, 0.717) is 48.1 Å². The summed E-state index contributed by atoms with van der Waals surface area (Å²) in [5.74, 6) is 8.30. The molecule has 2 saturated carbocycles. The molecule has 0 spiro atoms. The molecule has 2 aliphatic carbocycles. The van der Waals surface area contributed by atoms with Gasteiger partial charge in [0.2, 0.25) is 0 Å². The summed E-state index contributed by atoms with van der Waals surface area (Å²) in [6.45, 7) is 0. The van der Waals surface area contributed by atoms with E-state index in [2.05, 4.69) is 24.0 Å². The van der Waals surface area contributed by atoms with Crippen LogP contribution in [0.15, 0.2) is 36.4 Å². The van der Waals surface area contributed by atoms with Crippen molar-refractivity contribution in [3.63, 3.8) is 0 Å². The van der Waals surface area contributed by atoms with Crippen molar-refractivity contribution >= 4 is 5.78 Å². The third-order valence-electron chi connectivity index (χ3n) is 6.61. The molecule has 0 bridgehead atoms. The first-order valence-electron chi connectivity index (χ1n) is 11.4. The highest BCUT2D eigenvalue weighted by Crippen LogP contribution is 2.42. The Balaban J connectivity index is 1.74. The molecular weight excluding hydrogens is 412 g/mol. The van der Waals surface area contributed by atoms with E-state index < -0.39 is 5.41 Å². The Morgan fingerprint density at radius 3 is 2.15 bits per heavy atom. The fraction of sp³-hybridized carbons (Fsp3) is 0.393. The van der Waals surface area contributed by atoms with Crippen LogP contribution >= 0.6 is 0 Å². The van der Waals surface area contributed by atoms with Crippen LogP contribution in [-0.2, 0) is 10.2 Å². The lowest BCUT2D eigenvalue weighted by Crippen LogP contribution is -2.30. The Morgan fingerprint density at radius 2 is 1.55 bits per heavy atom. The number of benzene rings is 2. The van der Waals surface area contributed by atoms with Crippen LogP contribution in [0.3, 0.4) is 0 Å². The molecule has 0 unspecified atom stereocenters. The first-order valence-corrected chi connectivity index (χ1v) is 11.4. The van der Waals surface area contributed by atoms with Crippen molar-refractivity contribution in [3.8, 4) is 35.5 Å². The van der Waals surface area contributed by atoms with E-state index in [-0.39, 0.29) is 11.9 Å². The van der Waals surface area contributed by atoms with Gasteiger partial charge in [0.05, 0.1) is 41.9 Å². The SMILES string of the molecule is COc1ccc(C2(C#Cc3cc(C#N)cc(C#N)c3)CCC(=O)CC2)cc1OC1CCCC1. The van der Waals surface area contributed by atoms with Crippen LogP contribution in [0.4, 0.5) is 0 Å². The highest BCUT2D eigenvalue weighted by molar-refractivity contribution is 5.80. The summed E-state index contributed by atoms with van der Waals surface area (Å²) in [5, 5.41) is 18.6. The molecule has 0 aliphatic heterocycles. The molecule has 5 nitrogen and oxygen atoms in total. The number of methoxy groups -OCH3 is 1. The maximum absolute atomic E-state index is 12.1. The zero-order valence-corrected chi connectivity index (χ0v) is 18.8. The fourth-order valence-electron chi connectivity index (χ4n) is 4.71. The number of carbonyl (C=O) groups excluding carboxylic acids is 1. The lowest BCUT2D eigenvalue weighted by Gasteiger charge is -2.33. The number of ketones is 1. The highest BCUT2D eigenvalue weighted by Gasteiger charge is 2.36. The molecule has 2 fully saturated rings. The minimum absolute atomic E-state index is 0.197. The summed E-state index contributed by atoms with van der Waals surface area (Å²) in [6.07, 6.45) is 6.83. The standard InChI is InChI=1S/C28H26N2O3/c1-32-26-7-6-23(17-27(26)33-25-4-2-3-5-25)28(12-9-24(31)10-13-28)11-8-20-14-21(18-29)16-22(15-20)19-30/h6-7,14-17,25H,2-5,9-10,12-13H2,1H3. The largest absolute Gasteiger partial charge is 0.493 e. The predicted octanol–water partition coefficient (Wildman–Crippen LogP) is 5.19. The molecule has 2 aromatic rings. The van der Waals surface area contributed by atoms with Gasteiger partial charge in [0.1, 0.15) is 5.78 Å². The van der Waals surface area contributed by atoms with Crippen molar-refractivity contribution in [2.75, 3.05) is 7.11 Å². The fourth-order valence-corrected chi connectivity index (χ4v) is 4.71. The molecule has 33 heavy (non-hydrogen) atoms. The van der Waals surface area contributed by atoms with Crippen molar-refractivity contribution in [1.82, 2.24) is 0 Å². The molecule has 2 aliphatic rings. The number of ether oxygens (including phenoxy) is 2. The van der Waals surface area contributed by atoms with Crippen molar-refractivity contribution in [2.24, 2.45) is 0 Å². The van der Waals surface area contributed by atoms with E-state index in [4.69, 9.17) is 9.47 Å². The van der Waals surface area contributed by atoms with E-state index >= 15 is 0 Å². The Kier molecular flexibility index (Phi) is 6.67. The average molecular weight is 439 g/mol. The number of nitriles is 2. The molecule has 0 saturated heterocycles. The van der Waals surface area contributed by atoms with Gasteiger partial charge in [0, 0.05) is 18.4 Å². The molecule has 2 aromatic carbocycles. The zero-order chi connectivity index (χ0) is 23.3. The lowest BCUT2D eigenvalue weighted by atomic mass is 9.69. The summed E-state index contributed by atoms with van der Waals surface area (Å²) >= 11 is 0. The van der Waals surface area contributed by atoms with E-state index in [0.717, 1.165) is 24.2 Å². The molecule has 0 atom stereocenters. The van der Waals surface area contributed by atoms with Gasteiger partial charge in [-0.25, -0.2) is 0 Å². The van der Waals surface area contributed by atoms with Gasteiger partial charge >= 0.3 is 0 Å². The van der Waals surface area contributed by atoms with Crippen LogP contribution in [0.25, 0.3) is 0 Å². The van der Waals surface area contributed by atoms with Gasteiger partial charge in [-0.1, -0.05) is 17.9 Å². The van der Waals surface area contributed by atoms with Crippen LogP contribution in [0.2, 0.25) is 0 Å². The van der Waals surface area contributed by atoms with Crippen molar-refractivity contribution in [3.05, 3.63) is 58.7 Å². The third-order valence-corrected chi connectivity index (χ3v) is 6.61. The van der Waals surface area contributed by atoms with Crippen molar-refractivity contribution < 1.29 is 14.3 Å². The quantitative estimate of drug-likeness (QED) is 0.613. The molecule has 4 rings (SSSR count). The number of Topliss-reactive ketones (excluding diaryl/α,β-unsaturated/α-hetero) is 1. The maximum Gasteiger partial charge on any atom is 0.161 e. The van der Waals surface area contributed by atoms with Crippen LogP contribution in [0, 0.1) is 34.5 Å². The summed E-state index contributed by atoms with van der Waals surface area (Å²) in [7, 11) is 1.64. The second kappa shape index (κ2) is 9.81. The van der Waals surface area contributed by atoms with E-state index in [1.165, 1.54) is 12.8 Å². The van der Waals surface area contributed by atoms with Gasteiger partial charge < -0.3 is 9.47 Å². The molecule has 0 heterocycles. The maximum atomic E-state index is 12.1. The monoisotopic (exact) mass is 438 g/mol. The van der Waals surface area contributed by atoms with Crippen molar-refractivity contribution in [1.29, 1.82) is 10.5 Å². The minimum atomic E-state index is -0.510. The second-order valence-corrected chi connectivity index (χ2v) is 8.78. The highest BCUT2D eigenvalue weighted by atomic mass is 16.5. The van der Waals surface area contributed by atoms with E-state index in [1.807, 2.05) is 18.2 Å². The summed E-state index contributed by atoms with van der Waals surface area (Å²) in [5.41, 5.74) is 1.93. The third kappa shape index (κ3) is 5.02. The summed E-state index contributed by atoms with van der Waals surface area (Å²) in [4.78, 5) is 12.1. The van der Waals surface area contributed by atoms with E-state index in [1.54, 1.807) is 25.3 Å². The van der Waals surface area contributed by atoms with Gasteiger partial charge in [-0.15, -0.1) is 0 Å². The lowest BCUT2D eigenvalue weighted by molar-refractivity contribution is -0.120. The number of hydrogen-bond acceptors (Lipinski definition) is 5. The Hall–Kier alpha value is -3.75. The van der Waals surface area contributed by atoms with Gasteiger partial charge in [0.15, 0.2) is 11.5 Å². The number of rotatable bonds is 4. The van der Waals surface area contributed by atoms with Gasteiger partial charge in [0.25, 0.3) is 0 Å². The van der Waals surface area contributed by atoms with Crippen LogP contribution in [0.5, 0.6) is 11.5 Å². The molecule has 0 radical (unpaired) electrons. The Labute approximate surface area is 194 Å². The predicted molar refractivity (Wildman–Crippen MR) is 124 cm³/mol. The molecule has 166 valence electrons. The molecular formula is C28H26N2O3. The normalized spacial score (nSPS) is 17.4. The number of hydrogen-bond donors (Lipinski definition) is 0. The number of carbonyl (C=O) groups is 1. The molecule has 0 aromatic heterocycles. The van der Waals surface area contributed by atoms with Gasteiger partial charge in [-0.05, 0) is 74.4 Å². The van der Waals surface area contributed by atoms with Crippen LogP contribution in [-0.4, -0.2) is 19.0 Å². The summed E-state index contributed by atoms with van der Waals surface area (Å²) < 4.78 is 11.9. The molecule has 5 heteroatoms. The van der Waals surface area contributed by atoms with Crippen LogP contribution < -0.4 is 9.47 Å². The van der Waals surface area contributed by atoms with Crippen LogP contribution in [0.1, 0.15) is 73.6 Å². The average Bonchev–Trinajstić information content (AvgIpc) is 3.36. The Bertz CT molecular complexity index is 1160. The van der Waals surface area contributed by atoms with E-state index in [9.17, 15) is 15.3 Å². The Morgan fingerprint density at radius 1 is 0.909 bits per heavy atom. The van der Waals surface area contributed by atoms with Crippen molar-refractivity contribution in [2.45, 2.75) is 62.9 Å².